The summed E-state index contributed by atoms with van der Waals surface area (Å²) in [5.74, 6) is 0. The van der Waals surface area contributed by atoms with Crippen molar-refractivity contribution in [3.8, 4) is 0 Å². The van der Waals surface area contributed by atoms with Crippen LogP contribution in [0.4, 0.5) is 5.69 Å². The molecular weight excluding hydrogens is 300 g/mol. The molecule has 1 heterocycles. The van der Waals surface area contributed by atoms with Gasteiger partial charge < -0.3 is 10.2 Å². The quantitative estimate of drug-likeness (QED) is 0.884. The second-order valence-corrected chi connectivity index (χ2v) is 6.63. The van der Waals surface area contributed by atoms with Crippen LogP contribution in [0.3, 0.4) is 0 Å². The largest absolute Gasteiger partial charge is 0.381 e. The highest BCUT2D eigenvalue weighted by Crippen LogP contribution is 2.28. The first-order chi connectivity index (χ1) is 9.08. The van der Waals surface area contributed by atoms with E-state index < -0.39 is 0 Å². The Balaban J connectivity index is 1.98. The summed E-state index contributed by atoms with van der Waals surface area (Å²) >= 11 is 3.69. The summed E-state index contributed by atoms with van der Waals surface area (Å²) in [6.07, 6.45) is 3.79. The molecular formula is C16H25BrN2. The normalized spacial score (nSPS) is 21.4. The predicted molar refractivity (Wildman–Crippen MR) is 86.8 cm³/mol. The Labute approximate surface area is 125 Å². The molecule has 1 aliphatic heterocycles. The van der Waals surface area contributed by atoms with Crippen molar-refractivity contribution in [1.29, 1.82) is 0 Å². The van der Waals surface area contributed by atoms with Crippen LogP contribution in [-0.4, -0.2) is 30.1 Å². The zero-order valence-electron chi connectivity index (χ0n) is 12.2. The van der Waals surface area contributed by atoms with Crippen LogP contribution in [0.5, 0.6) is 0 Å². The lowest BCUT2D eigenvalue weighted by molar-refractivity contribution is 0.230. The zero-order chi connectivity index (χ0) is 13.8. The van der Waals surface area contributed by atoms with Crippen LogP contribution in [-0.2, 0) is 0 Å². The van der Waals surface area contributed by atoms with Gasteiger partial charge in [0.05, 0.1) is 0 Å². The van der Waals surface area contributed by atoms with E-state index >= 15 is 0 Å². The van der Waals surface area contributed by atoms with Crippen LogP contribution in [0.25, 0.3) is 0 Å². The van der Waals surface area contributed by atoms with Gasteiger partial charge >= 0.3 is 0 Å². The number of hydrogen-bond acceptors (Lipinski definition) is 2. The topological polar surface area (TPSA) is 15.3 Å². The van der Waals surface area contributed by atoms with Crippen LogP contribution in [0.1, 0.15) is 38.7 Å². The summed E-state index contributed by atoms with van der Waals surface area (Å²) in [5, 5.41) is 3.72. The number of nitrogens with zero attached hydrogens (tertiary/aromatic N) is 1. The fourth-order valence-corrected chi connectivity index (χ4v) is 3.14. The number of nitrogens with one attached hydrogen (secondary N) is 1. The molecule has 1 aromatic carbocycles. The molecule has 0 aromatic heterocycles. The molecule has 1 fully saturated rings. The molecule has 0 saturated carbocycles. The van der Waals surface area contributed by atoms with Crippen molar-refractivity contribution in [3.05, 3.63) is 28.2 Å². The van der Waals surface area contributed by atoms with Crippen molar-refractivity contribution in [1.82, 2.24) is 4.90 Å². The average Bonchev–Trinajstić information content (AvgIpc) is 2.60. The summed E-state index contributed by atoms with van der Waals surface area (Å²) in [5.41, 5.74) is 2.53. The minimum Gasteiger partial charge on any atom is -0.381 e. The van der Waals surface area contributed by atoms with Gasteiger partial charge in [0, 0.05) is 28.8 Å². The Kier molecular flexibility index (Phi) is 5.28. The zero-order valence-corrected chi connectivity index (χ0v) is 13.8. The van der Waals surface area contributed by atoms with Crippen molar-refractivity contribution < 1.29 is 0 Å². The van der Waals surface area contributed by atoms with Gasteiger partial charge in [0.15, 0.2) is 0 Å². The standard InChI is InChI=1S/C16H25BrN2/c1-12(2)19-10-5-7-14(9-11-19)18-15-8-4-6-13(3)16(15)17/h4,6,8,12,14,18H,5,7,9-11H2,1-3H3. The van der Waals surface area contributed by atoms with Gasteiger partial charge in [0.2, 0.25) is 0 Å². The van der Waals surface area contributed by atoms with Crippen molar-refractivity contribution in [3.63, 3.8) is 0 Å². The molecule has 3 heteroatoms. The fourth-order valence-electron chi connectivity index (χ4n) is 2.76. The van der Waals surface area contributed by atoms with Gasteiger partial charge in [0.25, 0.3) is 0 Å². The Morgan fingerprint density at radius 2 is 2.05 bits per heavy atom. The lowest BCUT2D eigenvalue weighted by atomic mass is 10.1. The Morgan fingerprint density at radius 3 is 2.79 bits per heavy atom. The number of rotatable bonds is 3. The van der Waals surface area contributed by atoms with Gasteiger partial charge in [-0.2, -0.15) is 0 Å². The Bertz CT molecular complexity index is 417. The van der Waals surface area contributed by atoms with Crippen LogP contribution in [0.2, 0.25) is 0 Å². The SMILES string of the molecule is Cc1cccc(NC2CCCN(C(C)C)CC2)c1Br. The predicted octanol–water partition coefficient (Wildman–Crippen LogP) is 4.43. The van der Waals surface area contributed by atoms with E-state index in [1.807, 2.05) is 0 Å². The third kappa shape index (κ3) is 3.96. The van der Waals surface area contributed by atoms with Gasteiger partial charge in [-0.15, -0.1) is 0 Å². The number of anilines is 1. The lowest BCUT2D eigenvalue weighted by Crippen LogP contribution is -2.32. The third-order valence-electron chi connectivity index (χ3n) is 4.04. The highest BCUT2D eigenvalue weighted by atomic mass is 79.9. The van der Waals surface area contributed by atoms with Crippen LogP contribution in [0, 0.1) is 6.92 Å². The van der Waals surface area contributed by atoms with Gasteiger partial charge in [0.1, 0.15) is 0 Å². The van der Waals surface area contributed by atoms with E-state index in [0.29, 0.717) is 12.1 Å². The second kappa shape index (κ2) is 6.76. The molecule has 1 aliphatic rings. The first kappa shape index (κ1) is 14.9. The van der Waals surface area contributed by atoms with Crippen LogP contribution < -0.4 is 5.32 Å². The number of likely N-dealkylation sites (tertiary alicyclic amines) is 1. The van der Waals surface area contributed by atoms with E-state index in [0.717, 1.165) is 0 Å². The van der Waals surface area contributed by atoms with E-state index in [1.165, 1.54) is 48.1 Å². The van der Waals surface area contributed by atoms with Crippen molar-refractivity contribution >= 4 is 21.6 Å². The van der Waals surface area contributed by atoms with E-state index in [2.05, 4.69) is 65.1 Å². The van der Waals surface area contributed by atoms with Gasteiger partial charge in [-0.25, -0.2) is 0 Å². The van der Waals surface area contributed by atoms with E-state index in [-0.39, 0.29) is 0 Å². The number of aryl methyl sites for hydroxylation is 1. The molecule has 0 spiro atoms. The summed E-state index contributed by atoms with van der Waals surface area (Å²) < 4.78 is 1.21. The molecule has 2 nitrogen and oxygen atoms in total. The van der Waals surface area contributed by atoms with Gasteiger partial charge in [-0.3, -0.25) is 0 Å². The molecule has 19 heavy (non-hydrogen) atoms. The first-order valence-corrected chi connectivity index (χ1v) is 8.13. The van der Waals surface area contributed by atoms with E-state index in [9.17, 15) is 0 Å². The van der Waals surface area contributed by atoms with Crippen molar-refractivity contribution in [2.24, 2.45) is 0 Å². The molecule has 0 amide bonds. The smallest absolute Gasteiger partial charge is 0.0489 e. The molecule has 1 atom stereocenters. The molecule has 0 radical (unpaired) electrons. The fraction of sp³-hybridized carbons (Fsp3) is 0.625. The molecule has 0 bridgehead atoms. The third-order valence-corrected chi connectivity index (χ3v) is 5.10. The van der Waals surface area contributed by atoms with Crippen LogP contribution >= 0.6 is 15.9 Å². The Morgan fingerprint density at radius 1 is 1.26 bits per heavy atom. The van der Waals surface area contributed by atoms with Gasteiger partial charge in [-0.05, 0) is 74.1 Å². The highest BCUT2D eigenvalue weighted by molar-refractivity contribution is 9.10. The monoisotopic (exact) mass is 324 g/mol. The van der Waals surface area contributed by atoms with E-state index in [1.54, 1.807) is 0 Å². The number of hydrogen-bond donors (Lipinski definition) is 1. The second-order valence-electron chi connectivity index (χ2n) is 5.84. The molecule has 1 N–H and O–H groups in total. The van der Waals surface area contributed by atoms with Crippen LogP contribution in [0.15, 0.2) is 22.7 Å². The minimum atomic E-state index is 0.599. The van der Waals surface area contributed by atoms with Crippen molar-refractivity contribution in [2.45, 2.75) is 52.1 Å². The molecule has 1 saturated heterocycles. The summed E-state index contributed by atoms with van der Waals surface area (Å²) in [6.45, 7) is 9.18. The summed E-state index contributed by atoms with van der Waals surface area (Å²) in [7, 11) is 0. The molecule has 1 unspecified atom stereocenters. The average molecular weight is 325 g/mol. The lowest BCUT2D eigenvalue weighted by Gasteiger charge is -2.24. The molecule has 1 aromatic rings. The summed E-state index contributed by atoms with van der Waals surface area (Å²) in [6, 6.07) is 7.70. The maximum absolute atomic E-state index is 3.72. The van der Waals surface area contributed by atoms with Crippen molar-refractivity contribution in [2.75, 3.05) is 18.4 Å². The molecule has 106 valence electrons. The Hall–Kier alpha value is -0.540. The minimum absolute atomic E-state index is 0.599. The number of halogens is 1. The first-order valence-electron chi connectivity index (χ1n) is 7.33. The number of benzene rings is 1. The maximum Gasteiger partial charge on any atom is 0.0489 e. The summed E-state index contributed by atoms with van der Waals surface area (Å²) in [4.78, 5) is 2.59. The van der Waals surface area contributed by atoms with Gasteiger partial charge in [-0.1, -0.05) is 12.1 Å². The molecule has 0 aliphatic carbocycles. The maximum atomic E-state index is 3.72. The molecule has 2 rings (SSSR count). The van der Waals surface area contributed by atoms with E-state index in [4.69, 9.17) is 0 Å². The highest BCUT2D eigenvalue weighted by Gasteiger charge is 2.19.